The van der Waals surface area contributed by atoms with Crippen molar-refractivity contribution in [3.63, 3.8) is 0 Å². The Labute approximate surface area is 107 Å². The summed E-state index contributed by atoms with van der Waals surface area (Å²) in [6.45, 7) is 0.369. The van der Waals surface area contributed by atoms with Crippen LogP contribution in [0.3, 0.4) is 0 Å². The zero-order valence-corrected chi connectivity index (χ0v) is 9.94. The number of benzene rings is 1. The molecule has 1 aromatic rings. The van der Waals surface area contributed by atoms with E-state index in [2.05, 4.69) is 5.32 Å². The molecule has 1 amide bonds. The van der Waals surface area contributed by atoms with Crippen molar-refractivity contribution < 1.29 is 24.2 Å². The van der Waals surface area contributed by atoms with Crippen LogP contribution in [0.2, 0.25) is 5.02 Å². The van der Waals surface area contributed by atoms with Crippen LogP contribution >= 0.6 is 11.6 Å². The van der Waals surface area contributed by atoms with Gasteiger partial charge in [-0.3, -0.25) is 0 Å². The van der Waals surface area contributed by atoms with E-state index in [9.17, 15) is 9.59 Å². The summed E-state index contributed by atoms with van der Waals surface area (Å²) in [6.07, 6.45) is -0.961. The van der Waals surface area contributed by atoms with Gasteiger partial charge in [-0.1, -0.05) is 17.7 Å². The molecule has 0 aromatic heterocycles. The number of alkyl carbamates (subject to hydrolysis) is 1. The summed E-state index contributed by atoms with van der Waals surface area (Å²) in [4.78, 5) is 21.8. The third-order valence-corrected chi connectivity index (χ3v) is 2.66. The van der Waals surface area contributed by atoms with Gasteiger partial charge in [0.25, 0.3) is 0 Å². The highest BCUT2D eigenvalue weighted by molar-refractivity contribution is 6.32. The number of carbonyl (C=O) groups excluding carboxylic acids is 1. The number of ether oxygens (including phenoxy) is 2. The van der Waals surface area contributed by atoms with E-state index in [0.717, 1.165) is 0 Å². The molecular weight excluding hydrogens is 262 g/mol. The number of halogens is 1. The third-order valence-electron chi connectivity index (χ3n) is 2.36. The Kier molecular flexibility index (Phi) is 3.57. The second-order valence-electron chi connectivity index (χ2n) is 3.64. The number of cyclic esters (lactones) is 1. The summed E-state index contributed by atoms with van der Waals surface area (Å²) in [5.74, 6) is -1.05. The first-order valence-corrected chi connectivity index (χ1v) is 5.55. The monoisotopic (exact) mass is 271 g/mol. The molecule has 0 radical (unpaired) electrons. The molecule has 1 unspecified atom stereocenters. The number of hydrogen-bond donors (Lipinski definition) is 2. The Bertz CT molecular complexity index is 490. The van der Waals surface area contributed by atoms with Crippen molar-refractivity contribution in [2.75, 3.05) is 13.2 Å². The van der Waals surface area contributed by atoms with E-state index >= 15 is 0 Å². The second-order valence-corrected chi connectivity index (χ2v) is 4.05. The van der Waals surface area contributed by atoms with Crippen molar-refractivity contribution in [3.8, 4) is 5.75 Å². The van der Waals surface area contributed by atoms with E-state index in [-0.39, 0.29) is 22.9 Å². The van der Waals surface area contributed by atoms with Gasteiger partial charge in [0.1, 0.15) is 12.2 Å². The number of carboxylic acids is 1. The summed E-state index contributed by atoms with van der Waals surface area (Å²) >= 11 is 5.88. The number of hydrogen-bond acceptors (Lipinski definition) is 4. The van der Waals surface area contributed by atoms with Crippen molar-refractivity contribution in [2.24, 2.45) is 0 Å². The van der Waals surface area contributed by atoms with Gasteiger partial charge in [-0.2, -0.15) is 0 Å². The first-order chi connectivity index (χ1) is 8.58. The lowest BCUT2D eigenvalue weighted by Crippen LogP contribution is -2.22. The Balaban J connectivity index is 2.08. The van der Waals surface area contributed by atoms with E-state index in [1.807, 2.05) is 0 Å². The highest BCUT2D eigenvalue weighted by atomic mass is 35.5. The lowest BCUT2D eigenvalue weighted by atomic mass is 10.2. The maximum absolute atomic E-state index is 11.0. The minimum absolute atomic E-state index is 0.0280. The summed E-state index contributed by atoms with van der Waals surface area (Å²) in [5, 5.41) is 11.7. The smallest absolute Gasteiger partial charge is 0.407 e. The first-order valence-electron chi connectivity index (χ1n) is 5.17. The molecule has 0 bridgehead atoms. The van der Waals surface area contributed by atoms with Gasteiger partial charge in [0.05, 0.1) is 11.6 Å². The average Bonchev–Trinajstić information content (AvgIpc) is 2.73. The molecule has 1 aliphatic heterocycles. The minimum Gasteiger partial charge on any atom is -0.487 e. The van der Waals surface area contributed by atoms with E-state index < -0.39 is 18.2 Å². The fourth-order valence-electron chi connectivity index (χ4n) is 1.53. The standard InChI is InChI=1S/C11H10ClNO5/c12-8-3-1-2-7(10(14)15)9(8)17-5-6-4-13-11(16)18-6/h1-3,6H,4-5H2,(H,13,16)(H,14,15). The predicted molar refractivity (Wildman–Crippen MR) is 62.2 cm³/mol. The van der Waals surface area contributed by atoms with E-state index in [0.29, 0.717) is 6.54 Å². The van der Waals surface area contributed by atoms with Crippen molar-refractivity contribution in [1.82, 2.24) is 5.32 Å². The zero-order valence-electron chi connectivity index (χ0n) is 9.18. The summed E-state index contributed by atoms with van der Waals surface area (Å²) in [6, 6.07) is 4.44. The topological polar surface area (TPSA) is 84.9 Å². The van der Waals surface area contributed by atoms with Gasteiger partial charge in [-0.25, -0.2) is 9.59 Å². The molecule has 2 N–H and O–H groups in total. The molecule has 18 heavy (non-hydrogen) atoms. The average molecular weight is 272 g/mol. The minimum atomic E-state index is -1.13. The molecule has 1 atom stereocenters. The maximum atomic E-state index is 11.0. The van der Waals surface area contributed by atoms with Crippen LogP contribution in [-0.4, -0.2) is 36.4 Å². The Morgan fingerprint density at radius 1 is 1.61 bits per heavy atom. The fourth-order valence-corrected chi connectivity index (χ4v) is 1.75. The quantitative estimate of drug-likeness (QED) is 0.867. The van der Waals surface area contributed by atoms with Gasteiger partial charge in [0.15, 0.2) is 11.9 Å². The van der Waals surface area contributed by atoms with E-state index in [1.165, 1.54) is 18.2 Å². The van der Waals surface area contributed by atoms with Crippen LogP contribution in [0.15, 0.2) is 18.2 Å². The number of rotatable bonds is 4. The fraction of sp³-hybridized carbons (Fsp3) is 0.273. The molecule has 7 heteroatoms. The molecule has 1 aromatic carbocycles. The molecule has 1 fully saturated rings. The summed E-state index contributed by atoms with van der Waals surface area (Å²) < 4.78 is 10.2. The molecule has 0 saturated carbocycles. The Morgan fingerprint density at radius 2 is 2.39 bits per heavy atom. The predicted octanol–water partition coefficient (Wildman–Crippen LogP) is 1.53. The molecular formula is C11H10ClNO5. The van der Waals surface area contributed by atoms with Gasteiger partial charge < -0.3 is 19.9 Å². The van der Waals surface area contributed by atoms with Gasteiger partial charge in [0.2, 0.25) is 0 Å². The molecule has 2 rings (SSSR count). The highest BCUT2D eigenvalue weighted by Gasteiger charge is 2.24. The number of carbonyl (C=O) groups is 2. The largest absolute Gasteiger partial charge is 0.487 e. The molecule has 1 heterocycles. The van der Waals surface area contributed by atoms with Crippen LogP contribution in [0.4, 0.5) is 4.79 Å². The van der Waals surface area contributed by atoms with Crippen LogP contribution < -0.4 is 10.1 Å². The lowest BCUT2D eigenvalue weighted by molar-refractivity contribution is 0.0684. The van der Waals surface area contributed by atoms with Crippen LogP contribution in [0.5, 0.6) is 5.75 Å². The van der Waals surface area contributed by atoms with Crippen LogP contribution in [-0.2, 0) is 4.74 Å². The van der Waals surface area contributed by atoms with Gasteiger partial charge in [-0.15, -0.1) is 0 Å². The maximum Gasteiger partial charge on any atom is 0.407 e. The van der Waals surface area contributed by atoms with E-state index in [1.54, 1.807) is 0 Å². The van der Waals surface area contributed by atoms with Crippen molar-refractivity contribution in [1.29, 1.82) is 0 Å². The molecule has 1 saturated heterocycles. The highest BCUT2D eigenvalue weighted by Crippen LogP contribution is 2.29. The SMILES string of the molecule is O=C1NCC(COc2c(Cl)cccc2C(=O)O)O1. The summed E-state index contributed by atoms with van der Waals surface area (Å²) in [5.41, 5.74) is -0.0280. The van der Waals surface area contributed by atoms with Crippen molar-refractivity contribution >= 4 is 23.7 Å². The molecule has 6 nitrogen and oxygen atoms in total. The van der Waals surface area contributed by atoms with E-state index in [4.69, 9.17) is 26.2 Å². The van der Waals surface area contributed by atoms with Crippen LogP contribution in [0.25, 0.3) is 0 Å². The Morgan fingerprint density at radius 3 is 3.00 bits per heavy atom. The molecule has 96 valence electrons. The number of carboxylic acid groups (broad SMARTS) is 1. The number of para-hydroxylation sites is 1. The second kappa shape index (κ2) is 5.14. The molecule has 0 aliphatic carbocycles. The Hall–Kier alpha value is -1.95. The number of amides is 1. The molecule has 0 spiro atoms. The van der Waals surface area contributed by atoms with Gasteiger partial charge in [0, 0.05) is 0 Å². The van der Waals surface area contributed by atoms with Crippen LogP contribution in [0, 0.1) is 0 Å². The first kappa shape index (κ1) is 12.5. The number of nitrogens with one attached hydrogen (secondary N) is 1. The summed E-state index contributed by atoms with van der Waals surface area (Å²) in [7, 11) is 0. The lowest BCUT2D eigenvalue weighted by Gasteiger charge is -2.13. The van der Waals surface area contributed by atoms with Crippen molar-refractivity contribution in [2.45, 2.75) is 6.10 Å². The van der Waals surface area contributed by atoms with Gasteiger partial charge in [-0.05, 0) is 12.1 Å². The van der Waals surface area contributed by atoms with Crippen molar-refractivity contribution in [3.05, 3.63) is 28.8 Å². The normalized spacial score (nSPS) is 18.1. The number of aromatic carboxylic acids is 1. The van der Waals surface area contributed by atoms with Crippen LogP contribution in [0.1, 0.15) is 10.4 Å². The van der Waals surface area contributed by atoms with Gasteiger partial charge >= 0.3 is 12.1 Å². The zero-order chi connectivity index (χ0) is 13.1. The molecule has 1 aliphatic rings. The third kappa shape index (κ3) is 2.65.